The van der Waals surface area contributed by atoms with Crippen molar-refractivity contribution < 1.29 is 9.59 Å². The van der Waals surface area contributed by atoms with E-state index >= 15 is 0 Å². The van der Waals surface area contributed by atoms with Gasteiger partial charge in [0.15, 0.2) is 0 Å². The Morgan fingerprint density at radius 3 is 2.69 bits per heavy atom. The van der Waals surface area contributed by atoms with Crippen LogP contribution in [0.15, 0.2) is 53.0 Å². The van der Waals surface area contributed by atoms with Gasteiger partial charge in [-0.15, -0.1) is 0 Å². The largest absolute Gasteiger partial charge is 0.340 e. The number of hydrogen-bond acceptors (Lipinski definition) is 4. The molecule has 2 N–H and O–H groups in total. The van der Waals surface area contributed by atoms with Crippen LogP contribution in [0.4, 0.5) is 5.69 Å². The fourth-order valence-electron chi connectivity index (χ4n) is 2.28. The smallest absolute Gasteiger partial charge is 0.253 e. The van der Waals surface area contributed by atoms with Gasteiger partial charge in [0.05, 0.1) is 17.2 Å². The molecule has 0 unspecified atom stereocenters. The molecule has 0 aliphatic heterocycles. The Hall–Kier alpha value is -2.30. The van der Waals surface area contributed by atoms with Crippen molar-refractivity contribution in [1.82, 2.24) is 5.32 Å². The fourth-order valence-corrected chi connectivity index (χ4v) is 3.22. The van der Waals surface area contributed by atoms with Crippen LogP contribution in [-0.4, -0.2) is 29.9 Å². The van der Waals surface area contributed by atoms with Crippen LogP contribution in [0.5, 0.6) is 0 Å². The molecule has 2 aromatic rings. The normalized spacial score (nSPS) is 11.3. The van der Waals surface area contributed by atoms with Crippen molar-refractivity contribution in [2.24, 2.45) is 0 Å². The highest BCUT2D eigenvalue weighted by Gasteiger charge is 2.22. The summed E-state index contributed by atoms with van der Waals surface area (Å²) in [5.41, 5.74) is 1.46. The van der Waals surface area contributed by atoms with E-state index in [1.54, 1.807) is 54.2 Å². The summed E-state index contributed by atoms with van der Waals surface area (Å²) in [5, 5.41) is 14.5. The molecule has 0 saturated heterocycles. The third-order valence-electron chi connectivity index (χ3n) is 3.61. The number of carbonyl (C=O) groups is 2. The zero-order valence-corrected chi connectivity index (χ0v) is 16.6. The van der Waals surface area contributed by atoms with Gasteiger partial charge in [0.1, 0.15) is 6.04 Å². The van der Waals surface area contributed by atoms with E-state index in [1.165, 1.54) is 0 Å². The van der Waals surface area contributed by atoms with Gasteiger partial charge < -0.3 is 10.6 Å². The predicted octanol–water partition coefficient (Wildman–Crippen LogP) is 3.81. The molecule has 0 saturated carbocycles. The Morgan fingerprint density at radius 1 is 1.23 bits per heavy atom. The SMILES string of the molecule is CSCC[C@H](NC(=O)c1ccccc1Br)C(=O)Nc1cccc(C#N)c1. The lowest BCUT2D eigenvalue weighted by Crippen LogP contribution is -2.44. The molecule has 0 aromatic heterocycles. The highest BCUT2D eigenvalue weighted by molar-refractivity contribution is 9.10. The summed E-state index contributed by atoms with van der Waals surface area (Å²) in [4.78, 5) is 25.2. The molecule has 0 radical (unpaired) electrons. The summed E-state index contributed by atoms with van der Waals surface area (Å²) < 4.78 is 0.670. The first kappa shape index (κ1) is 20.0. The Balaban J connectivity index is 2.12. The van der Waals surface area contributed by atoms with Crippen molar-refractivity contribution in [3.05, 3.63) is 64.1 Å². The molecule has 26 heavy (non-hydrogen) atoms. The number of nitrogens with zero attached hydrogens (tertiary/aromatic N) is 1. The highest BCUT2D eigenvalue weighted by Crippen LogP contribution is 2.17. The summed E-state index contributed by atoms with van der Waals surface area (Å²) >= 11 is 4.95. The van der Waals surface area contributed by atoms with Crippen LogP contribution < -0.4 is 10.6 Å². The van der Waals surface area contributed by atoms with Crippen LogP contribution in [0.2, 0.25) is 0 Å². The van der Waals surface area contributed by atoms with Gasteiger partial charge in [-0.3, -0.25) is 9.59 Å². The van der Waals surface area contributed by atoms with E-state index < -0.39 is 6.04 Å². The maximum atomic E-state index is 12.6. The molecule has 2 amide bonds. The predicted molar refractivity (Wildman–Crippen MR) is 108 cm³/mol. The van der Waals surface area contributed by atoms with E-state index in [9.17, 15) is 9.59 Å². The fraction of sp³-hybridized carbons (Fsp3) is 0.211. The Labute approximate surface area is 165 Å². The molecule has 0 bridgehead atoms. The summed E-state index contributed by atoms with van der Waals surface area (Å²) in [5.74, 6) is 0.103. The third kappa shape index (κ3) is 5.61. The number of carbonyl (C=O) groups excluding carboxylic acids is 2. The monoisotopic (exact) mass is 431 g/mol. The molecule has 0 aliphatic rings. The minimum atomic E-state index is -0.673. The summed E-state index contributed by atoms with van der Waals surface area (Å²) in [6.07, 6.45) is 2.45. The number of thioether (sulfide) groups is 1. The number of benzene rings is 2. The Morgan fingerprint density at radius 2 is 2.00 bits per heavy atom. The number of hydrogen-bond donors (Lipinski definition) is 2. The first-order valence-electron chi connectivity index (χ1n) is 7.90. The van der Waals surface area contributed by atoms with Gasteiger partial charge in [-0.1, -0.05) is 18.2 Å². The first-order valence-corrected chi connectivity index (χ1v) is 10.1. The van der Waals surface area contributed by atoms with Gasteiger partial charge in [-0.25, -0.2) is 0 Å². The number of anilines is 1. The van der Waals surface area contributed by atoms with E-state index in [1.807, 2.05) is 18.4 Å². The first-order chi connectivity index (χ1) is 12.5. The van der Waals surface area contributed by atoms with Crippen LogP contribution in [0.25, 0.3) is 0 Å². The molecule has 0 aliphatic carbocycles. The van der Waals surface area contributed by atoms with Gasteiger partial charge >= 0.3 is 0 Å². The van der Waals surface area contributed by atoms with Crippen molar-refractivity contribution in [3.63, 3.8) is 0 Å². The molecule has 0 fully saturated rings. The van der Waals surface area contributed by atoms with Gasteiger partial charge in [-0.05, 0) is 64.7 Å². The molecule has 7 heteroatoms. The standard InChI is InChI=1S/C19H18BrN3O2S/c1-26-10-9-17(23-18(24)15-7-2-3-8-16(15)20)19(25)22-14-6-4-5-13(11-14)12-21/h2-8,11,17H,9-10H2,1H3,(H,22,25)(H,23,24)/t17-/m0/s1. The number of nitrogens with one attached hydrogen (secondary N) is 2. The van der Waals surface area contributed by atoms with Crippen molar-refractivity contribution >= 4 is 45.2 Å². The minimum absolute atomic E-state index is 0.311. The maximum Gasteiger partial charge on any atom is 0.253 e. The Bertz CT molecular complexity index is 836. The van der Waals surface area contributed by atoms with Crippen LogP contribution in [-0.2, 0) is 4.79 Å². The molecule has 134 valence electrons. The van der Waals surface area contributed by atoms with E-state index in [2.05, 4.69) is 26.6 Å². The van der Waals surface area contributed by atoms with Crippen LogP contribution in [0, 0.1) is 11.3 Å². The van der Waals surface area contributed by atoms with Gasteiger partial charge in [0.2, 0.25) is 5.91 Å². The molecule has 0 heterocycles. The van der Waals surface area contributed by atoms with Crippen LogP contribution in [0.3, 0.4) is 0 Å². The highest BCUT2D eigenvalue weighted by atomic mass is 79.9. The zero-order valence-electron chi connectivity index (χ0n) is 14.2. The molecule has 5 nitrogen and oxygen atoms in total. The van der Waals surface area contributed by atoms with Gasteiger partial charge in [0.25, 0.3) is 5.91 Å². The summed E-state index contributed by atoms with van der Waals surface area (Å²) in [7, 11) is 0. The van der Waals surface area contributed by atoms with E-state index in [4.69, 9.17) is 5.26 Å². The molecule has 2 rings (SSSR count). The van der Waals surface area contributed by atoms with E-state index in [-0.39, 0.29) is 11.8 Å². The lowest BCUT2D eigenvalue weighted by atomic mass is 10.1. The summed E-state index contributed by atoms with van der Waals surface area (Å²) in [6, 6.07) is 15.1. The number of halogens is 1. The topological polar surface area (TPSA) is 82.0 Å². The summed E-state index contributed by atoms with van der Waals surface area (Å²) in [6.45, 7) is 0. The average molecular weight is 432 g/mol. The second-order valence-corrected chi connectivity index (χ2v) is 7.31. The number of rotatable bonds is 7. The number of amides is 2. The van der Waals surface area contributed by atoms with Crippen LogP contribution in [0.1, 0.15) is 22.3 Å². The molecule has 0 spiro atoms. The van der Waals surface area contributed by atoms with Crippen molar-refractivity contribution in [2.75, 3.05) is 17.3 Å². The lowest BCUT2D eigenvalue weighted by molar-refractivity contribution is -0.118. The van der Waals surface area contributed by atoms with Gasteiger partial charge in [-0.2, -0.15) is 17.0 Å². The van der Waals surface area contributed by atoms with E-state index in [0.717, 1.165) is 5.75 Å². The number of nitriles is 1. The van der Waals surface area contributed by atoms with Crippen molar-refractivity contribution in [3.8, 4) is 6.07 Å². The van der Waals surface area contributed by atoms with Gasteiger partial charge in [0, 0.05) is 10.2 Å². The molecule has 2 aromatic carbocycles. The second kappa shape index (κ2) is 10.00. The third-order valence-corrected chi connectivity index (χ3v) is 4.95. The van der Waals surface area contributed by atoms with Crippen LogP contribution >= 0.6 is 27.7 Å². The quantitative estimate of drug-likeness (QED) is 0.697. The van der Waals surface area contributed by atoms with E-state index in [0.29, 0.717) is 27.7 Å². The minimum Gasteiger partial charge on any atom is -0.340 e. The Kier molecular flexibility index (Phi) is 7.70. The molecular weight excluding hydrogens is 414 g/mol. The van der Waals surface area contributed by atoms with Crippen molar-refractivity contribution in [1.29, 1.82) is 5.26 Å². The molecule has 1 atom stereocenters. The second-order valence-electron chi connectivity index (χ2n) is 5.47. The lowest BCUT2D eigenvalue weighted by Gasteiger charge is -2.18. The zero-order chi connectivity index (χ0) is 18.9. The molecular formula is C19H18BrN3O2S. The maximum absolute atomic E-state index is 12.6. The average Bonchev–Trinajstić information content (AvgIpc) is 2.65. The van der Waals surface area contributed by atoms with Crippen molar-refractivity contribution in [2.45, 2.75) is 12.5 Å².